The predicted octanol–water partition coefficient (Wildman–Crippen LogP) is 6.68. The molecule has 0 saturated carbocycles. The van der Waals surface area contributed by atoms with Gasteiger partial charge in [-0.1, -0.05) is 36.9 Å². The molecule has 33 heavy (non-hydrogen) atoms. The number of imidazole rings is 1. The van der Waals surface area contributed by atoms with E-state index in [9.17, 15) is 18.0 Å². The van der Waals surface area contributed by atoms with Crippen molar-refractivity contribution in [3.05, 3.63) is 83.0 Å². The first-order valence-corrected chi connectivity index (χ1v) is 10.7. The minimum Gasteiger partial charge on any atom is -0.484 e. The maximum atomic E-state index is 13.5. The van der Waals surface area contributed by atoms with E-state index in [0.29, 0.717) is 5.00 Å². The number of hydrogen-bond acceptors (Lipinski definition) is 5. The molecule has 0 radical (unpaired) electrons. The van der Waals surface area contributed by atoms with E-state index in [1.165, 1.54) is 32.2 Å². The minimum absolute atomic E-state index is 0.0303. The zero-order chi connectivity index (χ0) is 23.8. The van der Waals surface area contributed by atoms with E-state index >= 15 is 0 Å². The zero-order valence-electron chi connectivity index (χ0n) is 17.7. The predicted molar refractivity (Wildman–Crippen MR) is 121 cm³/mol. The monoisotopic (exact) mass is 472 g/mol. The highest BCUT2D eigenvalue weighted by atomic mass is 32.1. The lowest BCUT2D eigenvalue weighted by Gasteiger charge is -2.19. The number of aromatic nitrogens is 2. The first kappa shape index (κ1) is 22.6. The number of methoxy groups -OCH3 is 1. The molecule has 0 aliphatic rings. The summed E-state index contributed by atoms with van der Waals surface area (Å²) < 4.78 is 52.9. The number of nitrogens with zero attached hydrogens (tertiary/aromatic N) is 2. The van der Waals surface area contributed by atoms with Gasteiger partial charge in [0.2, 0.25) is 0 Å². The van der Waals surface area contributed by atoms with E-state index < -0.39 is 23.8 Å². The number of alkyl halides is 3. The number of hydrogen-bond donors (Lipinski definition) is 0. The van der Waals surface area contributed by atoms with Crippen molar-refractivity contribution in [1.82, 2.24) is 9.55 Å². The van der Waals surface area contributed by atoms with Crippen LogP contribution in [-0.4, -0.2) is 22.6 Å². The Morgan fingerprint density at radius 1 is 1.21 bits per heavy atom. The molecule has 9 heteroatoms. The van der Waals surface area contributed by atoms with Gasteiger partial charge in [-0.25, -0.2) is 9.78 Å². The van der Waals surface area contributed by atoms with E-state index in [1.807, 2.05) is 18.2 Å². The number of esters is 1. The molecule has 4 aromatic rings. The van der Waals surface area contributed by atoms with Crippen molar-refractivity contribution >= 4 is 34.4 Å². The van der Waals surface area contributed by atoms with Gasteiger partial charge in [0.05, 0.1) is 23.7 Å². The van der Waals surface area contributed by atoms with Crippen LogP contribution in [-0.2, 0) is 10.9 Å². The van der Waals surface area contributed by atoms with Gasteiger partial charge in [0.25, 0.3) is 0 Å². The Balaban J connectivity index is 1.76. The van der Waals surface area contributed by atoms with Gasteiger partial charge in [0.1, 0.15) is 23.2 Å². The number of ether oxygens (including phenoxy) is 2. The molecule has 0 fully saturated rings. The van der Waals surface area contributed by atoms with Crippen LogP contribution < -0.4 is 4.74 Å². The standard InChI is InChI=1S/C24H19F3N2O3S/c1-4-15-9-10-18-19(11-15)29(13-28-18)21-12-20(22(33-21)23(30)31-3)32-14(2)16-7-5-6-8-17(16)24(25,26)27/h4-14H,1H2,2-3H3/t14-/m1/s1. The van der Waals surface area contributed by atoms with Crippen LogP contribution in [0.2, 0.25) is 0 Å². The highest BCUT2D eigenvalue weighted by Gasteiger charge is 2.35. The molecule has 0 aliphatic carbocycles. The average molecular weight is 472 g/mol. The van der Waals surface area contributed by atoms with Crippen LogP contribution in [0.25, 0.3) is 22.1 Å². The highest BCUT2D eigenvalue weighted by Crippen LogP contribution is 2.39. The zero-order valence-corrected chi connectivity index (χ0v) is 18.5. The Labute approximate surface area is 191 Å². The van der Waals surface area contributed by atoms with Gasteiger partial charge in [0.15, 0.2) is 4.88 Å². The van der Waals surface area contributed by atoms with Crippen LogP contribution in [0.3, 0.4) is 0 Å². The van der Waals surface area contributed by atoms with Crippen LogP contribution >= 0.6 is 11.3 Å². The van der Waals surface area contributed by atoms with Crippen LogP contribution in [0.1, 0.15) is 39.4 Å². The molecule has 4 rings (SSSR count). The number of thiophene rings is 1. The Morgan fingerprint density at radius 3 is 2.67 bits per heavy atom. The van der Waals surface area contributed by atoms with Crippen molar-refractivity contribution in [2.24, 2.45) is 0 Å². The average Bonchev–Trinajstić information content (AvgIpc) is 3.41. The van der Waals surface area contributed by atoms with Crippen molar-refractivity contribution in [2.45, 2.75) is 19.2 Å². The first-order valence-electron chi connectivity index (χ1n) is 9.87. The molecule has 2 aromatic carbocycles. The summed E-state index contributed by atoms with van der Waals surface area (Å²) in [6.45, 7) is 5.28. The number of carbonyl (C=O) groups is 1. The summed E-state index contributed by atoms with van der Waals surface area (Å²) in [7, 11) is 1.23. The fourth-order valence-corrected chi connectivity index (χ4v) is 4.49. The molecule has 0 N–H and O–H groups in total. The molecular weight excluding hydrogens is 453 g/mol. The third-order valence-corrected chi connectivity index (χ3v) is 6.20. The van der Waals surface area contributed by atoms with Crippen LogP contribution in [0.5, 0.6) is 5.75 Å². The second-order valence-electron chi connectivity index (χ2n) is 7.18. The normalized spacial score (nSPS) is 12.5. The molecule has 0 unspecified atom stereocenters. The Bertz CT molecular complexity index is 1340. The maximum Gasteiger partial charge on any atom is 0.416 e. The molecule has 0 spiro atoms. The molecule has 170 valence electrons. The van der Waals surface area contributed by atoms with E-state index in [1.54, 1.807) is 23.0 Å². The Hall–Kier alpha value is -3.59. The third kappa shape index (κ3) is 4.36. The summed E-state index contributed by atoms with van der Waals surface area (Å²) >= 11 is 1.10. The fraction of sp³-hybridized carbons (Fsp3) is 0.167. The first-order chi connectivity index (χ1) is 15.7. The number of halogens is 3. The highest BCUT2D eigenvalue weighted by molar-refractivity contribution is 7.16. The lowest BCUT2D eigenvalue weighted by molar-refractivity contribution is -0.139. The van der Waals surface area contributed by atoms with Crippen LogP contribution in [0.4, 0.5) is 13.2 Å². The SMILES string of the molecule is C=Cc1ccc2ncn(-c3cc(O[C@H](C)c4ccccc4C(F)(F)F)c(C(=O)OC)s3)c2c1. The van der Waals surface area contributed by atoms with Gasteiger partial charge in [0, 0.05) is 11.6 Å². The minimum atomic E-state index is -4.53. The third-order valence-electron chi connectivity index (χ3n) is 5.11. The second kappa shape index (κ2) is 8.74. The Morgan fingerprint density at radius 2 is 1.97 bits per heavy atom. The molecule has 0 bridgehead atoms. The van der Waals surface area contributed by atoms with Gasteiger partial charge in [-0.15, -0.1) is 11.3 Å². The van der Waals surface area contributed by atoms with Crippen molar-refractivity contribution in [1.29, 1.82) is 0 Å². The molecule has 2 aromatic heterocycles. The molecular formula is C24H19F3N2O3S. The maximum absolute atomic E-state index is 13.5. The second-order valence-corrected chi connectivity index (χ2v) is 8.21. The van der Waals surface area contributed by atoms with Crippen molar-refractivity contribution in [3.8, 4) is 10.8 Å². The summed E-state index contributed by atoms with van der Waals surface area (Å²) in [5.41, 5.74) is 1.60. The van der Waals surface area contributed by atoms with Gasteiger partial charge >= 0.3 is 12.1 Å². The van der Waals surface area contributed by atoms with E-state index in [0.717, 1.165) is 34.0 Å². The summed E-state index contributed by atoms with van der Waals surface area (Å²) in [5.74, 6) is -0.512. The lowest BCUT2D eigenvalue weighted by atomic mass is 10.0. The van der Waals surface area contributed by atoms with E-state index in [-0.39, 0.29) is 16.2 Å². The fourth-order valence-electron chi connectivity index (χ4n) is 3.49. The summed E-state index contributed by atoms with van der Waals surface area (Å²) in [6.07, 6.45) is -2.19. The quantitative estimate of drug-likeness (QED) is 0.294. The van der Waals surface area contributed by atoms with Crippen LogP contribution in [0.15, 0.2) is 61.4 Å². The summed E-state index contributed by atoms with van der Waals surface area (Å²) in [4.78, 5) is 16.9. The topological polar surface area (TPSA) is 53.4 Å². The van der Waals surface area contributed by atoms with E-state index in [4.69, 9.17) is 9.47 Å². The van der Waals surface area contributed by atoms with Gasteiger partial charge in [-0.05, 0) is 30.7 Å². The number of fused-ring (bicyclic) bond motifs is 1. The smallest absolute Gasteiger partial charge is 0.416 e. The molecule has 0 saturated heterocycles. The molecule has 0 aliphatic heterocycles. The molecule has 1 atom stereocenters. The van der Waals surface area contributed by atoms with Gasteiger partial charge in [-0.2, -0.15) is 13.2 Å². The summed E-state index contributed by atoms with van der Waals surface area (Å²) in [5, 5.41) is 0.602. The summed E-state index contributed by atoms with van der Waals surface area (Å²) in [6, 6.07) is 12.4. The lowest BCUT2D eigenvalue weighted by Crippen LogP contribution is -2.14. The number of carbonyl (C=O) groups excluding carboxylic acids is 1. The van der Waals surface area contributed by atoms with E-state index in [2.05, 4.69) is 11.6 Å². The number of rotatable bonds is 6. The van der Waals surface area contributed by atoms with Crippen molar-refractivity contribution in [3.63, 3.8) is 0 Å². The largest absolute Gasteiger partial charge is 0.484 e. The molecule has 5 nitrogen and oxygen atoms in total. The number of benzene rings is 2. The van der Waals surface area contributed by atoms with Crippen molar-refractivity contribution < 1.29 is 27.4 Å². The Kier molecular flexibility index (Phi) is 5.99. The van der Waals surface area contributed by atoms with Crippen molar-refractivity contribution in [2.75, 3.05) is 7.11 Å². The van der Waals surface area contributed by atoms with Crippen LogP contribution in [0, 0.1) is 0 Å². The van der Waals surface area contributed by atoms with Gasteiger partial charge < -0.3 is 9.47 Å². The molecule has 0 amide bonds. The van der Waals surface area contributed by atoms with Gasteiger partial charge in [-0.3, -0.25) is 4.57 Å². The molecule has 2 heterocycles.